The molecule has 0 saturated carbocycles. The van der Waals surface area contributed by atoms with Gasteiger partial charge in [-0.3, -0.25) is 0 Å². The summed E-state index contributed by atoms with van der Waals surface area (Å²) in [6.45, 7) is 5.94. The maximum absolute atomic E-state index is 13.7. The average Bonchev–Trinajstić information content (AvgIpc) is 2.51. The molecule has 1 heterocycles. The van der Waals surface area contributed by atoms with Crippen molar-refractivity contribution < 1.29 is 8.78 Å². The fraction of sp³-hybridized carbons (Fsp3) is 0.375. The van der Waals surface area contributed by atoms with Crippen LogP contribution in [0.25, 0.3) is 0 Å². The minimum Gasteiger partial charge on any atom is -0.356 e. The van der Waals surface area contributed by atoms with E-state index in [1.165, 1.54) is 18.2 Å². The number of nitrogens with one attached hydrogen (secondary N) is 1. The van der Waals surface area contributed by atoms with Gasteiger partial charge in [0, 0.05) is 19.3 Å². The van der Waals surface area contributed by atoms with Crippen molar-refractivity contribution in [1.82, 2.24) is 9.97 Å². The second-order valence-corrected chi connectivity index (χ2v) is 4.95. The van der Waals surface area contributed by atoms with E-state index in [0.717, 1.165) is 31.7 Å². The van der Waals surface area contributed by atoms with Crippen LogP contribution >= 0.6 is 0 Å². The third kappa shape index (κ3) is 3.90. The lowest BCUT2D eigenvalue weighted by molar-refractivity contribution is 0.590. The Bertz CT molecular complexity index is 593. The average molecular weight is 306 g/mol. The molecule has 2 aromatic rings. The van der Waals surface area contributed by atoms with E-state index >= 15 is 0 Å². The second kappa shape index (κ2) is 7.68. The summed E-state index contributed by atoms with van der Waals surface area (Å²) in [7, 11) is 0. The van der Waals surface area contributed by atoms with Crippen LogP contribution in [0.3, 0.4) is 0 Å². The third-order valence-corrected chi connectivity index (χ3v) is 3.15. The Kier molecular flexibility index (Phi) is 5.63. The lowest BCUT2D eigenvalue weighted by Crippen LogP contribution is -2.26. The maximum atomic E-state index is 13.7. The van der Waals surface area contributed by atoms with Crippen LogP contribution in [0.4, 0.5) is 26.2 Å². The molecule has 0 bridgehead atoms. The number of halogens is 2. The van der Waals surface area contributed by atoms with Crippen molar-refractivity contribution in [1.29, 1.82) is 0 Å². The Morgan fingerprint density at radius 1 is 1.05 bits per heavy atom. The van der Waals surface area contributed by atoms with Crippen molar-refractivity contribution in [2.45, 2.75) is 26.7 Å². The highest BCUT2D eigenvalue weighted by Gasteiger charge is 2.12. The number of nitrogens with zero attached hydrogens (tertiary/aromatic N) is 3. The van der Waals surface area contributed by atoms with Crippen LogP contribution in [0, 0.1) is 11.6 Å². The van der Waals surface area contributed by atoms with E-state index < -0.39 is 11.6 Å². The number of hydrogen-bond donors (Lipinski definition) is 1. The van der Waals surface area contributed by atoms with Gasteiger partial charge >= 0.3 is 0 Å². The third-order valence-electron chi connectivity index (χ3n) is 3.15. The summed E-state index contributed by atoms with van der Waals surface area (Å²) in [6, 6.07) is 5.50. The Balaban J connectivity index is 2.24. The molecule has 0 unspecified atom stereocenters. The first-order valence-corrected chi connectivity index (χ1v) is 7.44. The predicted octanol–water partition coefficient (Wildman–Crippen LogP) is 4.12. The van der Waals surface area contributed by atoms with E-state index in [4.69, 9.17) is 0 Å². The number of hydrogen-bond acceptors (Lipinski definition) is 4. The van der Waals surface area contributed by atoms with Gasteiger partial charge in [-0.2, -0.15) is 4.98 Å². The zero-order chi connectivity index (χ0) is 15.9. The maximum Gasteiger partial charge on any atom is 0.229 e. The highest BCUT2D eigenvalue weighted by Crippen LogP contribution is 2.22. The fourth-order valence-corrected chi connectivity index (χ4v) is 2.20. The van der Waals surface area contributed by atoms with Crippen LogP contribution in [-0.4, -0.2) is 23.1 Å². The zero-order valence-corrected chi connectivity index (χ0v) is 12.8. The van der Waals surface area contributed by atoms with E-state index in [9.17, 15) is 8.78 Å². The molecule has 0 aliphatic heterocycles. The monoisotopic (exact) mass is 306 g/mol. The summed E-state index contributed by atoms with van der Waals surface area (Å²) >= 11 is 0. The molecule has 22 heavy (non-hydrogen) atoms. The van der Waals surface area contributed by atoms with Crippen molar-refractivity contribution in [2.24, 2.45) is 0 Å². The zero-order valence-electron chi connectivity index (χ0n) is 12.8. The molecular formula is C16H20F2N4. The highest BCUT2D eigenvalue weighted by molar-refractivity contribution is 5.56. The van der Waals surface area contributed by atoms with Gasteiger partial charge in [-0.1, -0.05) is 19.9 Å². The second-order valence-electron chi connectivity index (χ2n) is 4.95. The van der Waals surface area contributed by atoms with Crippen molar-refractivity contribution in [2.75, 3.05) is 23.3 Å². The van der Waals surface area contributed by atoms with Gasteiger partial charge in [-0.05, 0) is 31.0 Å². The molecule has 6 heteroatoms. The molecule has 0 amide bonds. The number of anilines is 3. The minimum absolute atomic E-state index is 0.179. The van der Waals surface area contributed by atoms with Crippen molar-refractivity contribution in [3.8, 4) is 0 Å². The topological polar surface area (TPSA) is 41.1 Å². The standard InChI is InChI=1S/C16H20F2N4/c1-3-10-22(11-4-2)14-8-9-19-16(20-14)21-15-12(17)6-5-7-13(15)18/h5-9H,3-4,10-11H2,1-2H3,(H,19,20,21). The highest BCUT2D eigenvalue weighted by atomic mass is 19.1. The van der Waals surface area contributed by atoms with Gasteiger partial charge in [-0.25, -0.2) is 13.8 Å². The van der Waals surface area contributed by atoms with Gasteiger partial charge in [0.1, 0.15) is 23.1 Å². The predicted molar refractivity (Wildman–Crippen MR) is 84.5 cm³/mol. The van der Waals surface area contributed by atoms with Crippen LogP contribution in [0.5, 0.6) is 0 Å². The van der Waals surface area contributed by atoms with Gasteiger partial charge in [-0.15, -0.1) is 0 Å². The van der Waals surface area contributed by atoms with E-state index in [1.54, 1.807) is 12.3 Å². The van der Waals surface area contributed by atoms with E-state index in [0.29, 0.717) is 0 Å². The van der Waals surface area contributed by atoms with Crippen LogP contribution in [0.2, 0.25) is 0 Å². The summed E-state index contributed by atoms with van der Waals surface area (Å²) < 4.78 is 27.3. The normalized spacial score (nSPS) is 10.5. The molecule has 1 N–H and O–H groups in total. The SMILES string of the molecule is CCCN(CCC)c1ccnc(Nc2c(F)cccc2F)n1. The Hall–Kier alpha value is -2.24. The lowest BCUT2D eigenvalue weighted by Gasteiger charge is -2.22. The van der Waals surface area contributed by atoms with Crippen LogP contribution < -0.4 is 10.2 Å². The molecule has 0 fully saturated rings. The lowest BCUT2D eigenvalue weighted by atomic mass is 10.3. The number of aromatic nitrogens is 2. The molecule has 4 nitrogen and oxygen atoms in total. The molecule has 0 spiro atoms. The first-order chi connectivity index (χ1) is 10.7. The molecule has 0 atom stereocenters. The van der Waals surface area contributed by atoms with Gasteiger partial charge in [0.05, 0.1) is 0 Å². The van der Waals surface area contributed by atoms with Crippen LogP contribution in [0.1, 0.15) is 26.7 Å². The van der Waals surface area contributed by atoms with Crippen molar-refractivity contribution in [3.63, 3.8) is 0 Å². The molecule has 0 radical (unpaired) electrons. The quantitative estimate of drug-likeness (QED) is 0.835. The number of rotatable bonds is 7. The Labute approximate surface area is 129 Å². The van der Waals surface area contributed by atoms with Crippen molar-refractivity contribution >= 4 is 17.5 Å². The van der Waals surface area contributed by atoms with Gasteiger partial charge in [0.15, 0.2) is 0 Å². The van der Waals surface area contributed by atoms with Gasteiger partial charge in [0.25, 0.3) is 0 Å². The van der Waals surface area contributed by atoms with E-state index in [1.807, 2.05) is 0 Å². The molecule has 0 saturated heterocycles. The summed E-state index contributed by atoms with van der Waals surface area (Å²) in [6.07, 6.45) is 3.57. The van der Waals surface area contributed by atoms with Gasteiger partial charge < -0.3 is 10.2 Å². The Morgan fingerprint density at radius 3 is 2.27 bits per heavy atom. The summed E-state index contributed by atoms with van der Waals surface area (Å²) in [5.74, 6) is -0.419. The molecule has 1 aromatic carbocycles. The smallest absolute Gasteiger partial charge is 0.229 e. The number of para-hydroxylation sites is 1. The minimum atomic E-state index is -0.673. The molecule has 0 aliphatic carbocycles. The summed E-state index contributed by atoms with van der Waals surface area (Å²) in [4.78, 5) is 10.5. The fourth-order valence-electron chi connectivity index (χ4n) is 2.20. The Morgan fingerprint density at radius 2 is 1.68 bits per heavy atom. The van der Waals surface area contributed by atoms with Gasteiger partial charge in [0.2, 0.25) is 5.95 Å². The molecule has 1 aromatic heterocycles. The first-order valence-electron chi connectivity index (χ1n) is 7.44. The summed E-state index contributed by atoms with van der Waals surface area (Å²) in [5, 5.41) is 2.62. The van der Waals surface area contributed by atoms with Crippen LogP contribution in [-0.2, 0) is 0 Å². The van der Waals surface area contributed by atoms with E-state index in [-0.39, 0.29) is 11.6 Å². The largest absolute Gasteiger partial charge is 0.356 e. The van der Waals surface area contributed by atoms with Crippen molar-refractivity contribution in [3.05, 3.63) is 42.1 Å². The molecule has 0 aliphatic rings. The molecule has 118 valence electrons. The van der Waals surface area contributed by atoms with Crippen LogP contribution in [0.15, 0.2) is 30.5 Å². The molecular weight excluding hydrogens is 286 g/mol. The molecule has 2 rings (SSSR count). The first kappa shape index (κ1) is 16.1. The number of benzene rings is 1. The summed E-state index contributed by atoms with van der Waals surface area (Å²) in [5.41, 5.74) is -0.239. The van der Waals surface area contributed by atoms with E-state index in [2.05, 4.69) is 34.0 Å².